The van der Waals surface area contributed by atoms with Gasteiger partial charge in [0.05, 0.1) is 5.69 Å². The third-order valence-corrected chi connectivity index (χ3v) is 4.01. The molecule has 98 valence electrons. The van der Waals surface area contributed by atoms with E-state index in [2.05, 4.69) is 35.3 Å². The van der Waals surface area contributed by atoms with Gasteiger partial charge in [-0.25, -0.2) is 0 Å². The first-order valence-corrected chi connectivity index (χ1v) is 7.11. The van der Waals surface area contributed by atoms with Crippen LogP contribution in [0, 0.1) is 0 Å². The van der Waals surface area contributed by atoms with Crippen LogP contribution >= 0.6 is 0 Å². The van der Waals surface area contributed by atoms with Gasteiger partial charge >= 0.3 is 0 Å². The molecular formula is C15H22N2O. The largest absolute Gasteiger partial charge is 0.487 e. The number of ether oxygens (including phenoxy) is 1. The van der Waals surface area contributed by atoms with Gasteiger partial charge in [-0.1, -0.05) is 19.1 Å². The highest BCUT2D eigenvalue weighted by molar-refractivity contribution is 5.63. The summed E-state index contributed by atoms with van der Waals surface area (Å²) in [6.45, 7) is 6.65. The molecule has 0 aromatic heterocycles. The van der Waals surface area contributed by atoms with Gasteiger partial charge in [-0.05, 0) is 37.4 Å². The predicted molar refractivity (Wildman–Crippen MR) is 74.4 cm³/mol. The minimum atomic E-state index is 0.361. The first-order valence-electron chi connectivity index (χ1n) is 7.11. The van der Waals surface area contributed by atoms with E-state index >= 15 is 0 Å². The number of aryl methyl sites for hydroxylation is 1. The van der Waals surface area contributed by atoms with Gasteiger partial charge in [0.2, 0.25) is 0 Å². The highest BCUT2D eigenvalue weighted by Crippen LogP contribution is 2.33. The number of nitrogens with zero attached hydrogens (tertiary/aromatic N) is 1. The molecule has 0 saturated carbocycles. The van der Waals surface area contributed by atoms with Gasteiger partial charge in [-0.3, -0.25) is 4.90 Å². The molecule has 1 aromatic rings. The number of rotatable bonds is 3. The predicted octanol–water partition coefficient (Wildman–Crippen LogP) is 2.52. The molecule has 2 aliphatic rings. The molecule has 2 aliphatic heterocycles. The van der Waals surface area contributed by atoms with E-state index in [1.807, 2.05) is 0 Å². The number of anilines is 1. The van der Waals surface area contributed by atoms with E-state index in [1.54, 1.807) is 0 Å². The van der Waals surface area contributed by atoms with Crippen molar-refractivity contribution in [2.75, 3.05) is 31.5 Å². The van der Waals surface area contributed by atoms with E-state index in [0.29, 0.717) is 6.10 Å². The van der Waals surface area contributed by atoms with Crippen molar-refractivity contribution >= 4 is 5.69 Å². The van der Waals surface area contributed by atoms with Crippen molar-refractivity contribution in [3.05, 3.63) is 23.8 Å². The summed E-state index contributed by atoms with van der Waals surface area (Å²) in [6.07, 6.45) is 3.91. The molecule has 18 heavy (non-hydrogen) atoms. The van der Waals surface area contributed by atoms with E-state index in [-0.39, 0.29) is 0 Å². The Morgan fingerprint density at radius 2 is 2.39 bits per heavy atom. The third kappa shape index (κ3) is 2.32. The second kappa shape index (κ2) is 5.19. The lowest BCUT2D eigenvalue weighted by atomic mass is 10.0. The fourth-order valence-corrected chi connectivity index (χ4v) is 2.94. The molecule has 1 aromatic carbocycles. The van der Waals surface area contributed by atoms with Crippen molar-refractivity contribution in [2.24, 2.45) is 0 Å². The molecule has 2 heterocycles. The zero-order valence-corrected chi connectivity index (χ0v) is 11.1. The highest BCUT2D eigenvalue weighted by Gasteiger charge is 2.24. The summed E-state index contributed by atoms with van der Waals surface area (Å²) in [6, 6.07) is 6.43. The number of fused-ring (bicyclic) bond motifs is 1. The standard InChI is InChI=1S/C15H22N2O/c1-2-17-10-8-13(11-17)18-14-7-3-5-12-6-4-9-16-15(12)14/h3,5,7,13,16H,2,4,6,8-11H2,1H3. The minimum Gasteiger partial charge on any atom is -0.487 e. The molecule has 0 bridgehead atoms. The summed E-state index contributed by atoms with van der Waals surface area (Å²) in [5.74, 6) is 1.05. The van der Waals surface area contributed by atoms with Crippen LogP contribution in [0.3, 0.4) is 0 Å². The topological polar surface area (TPSA) is 24.5 Å². The number of nitrogens with one attached hydrogen (secondary N) is 1. The zero-order chi connectivity index (χ0) is 12.4. The summed E-state index contributed by atoms with van der Waals surface area (Å²) in [4.78, 5) is 2.45. The Labute approximate surface area is 109 Å². The molecule has 1 fully saturated rings. The van der Waals surface area contributed by atoms with Crippen LogP contribution in [0.25, 0.3) is 0 Å². The molecule has 0 spiro atoms. The number of hydrogen-bond donors (Lipinski definition) is 1. The number of hydrogen-bond acceptors (Lipinski definition) is 3. The second-order valence-corrected chi connectivity index (χ2v) is 5.24. The highest BCUT2D eigenvalue weighted by atomic mass is 16.5. The van der Waals surface area contributed by atoms with Crippen molar-refractivity contribution in [3.8, 4) is 5.75 Å². The normalized spacial score (nSPS) is 23.5. The zero-order valence-electron chi connectivity index (χ0n) is 11.1. The molecule has 3 rings (SSSR count). The maximum atomic E-state index is 6.20. The Hall–Kier alpha value is -1.22. The van der Waals surface area contributed by atoms with Gasteiger partial charge < -0.3 is 10.1 Å². The fraction of sp³-hybridized carbons (Fsp3) is 0.600. The van der Waals surface area contributed by atoms with Crippen molar-refractivity contribution in [3.63, 3.8) is 0 Å². The lowest BCUT2D eigenvalue weighted by Crippen LogP contribution is -2.25. The van der Waals surface area contributed by atoms with Crippen molar-refractivity contribution < 1.29 is 4.74 Å². The van der Waals surface area contributed by atoms with Crippen LogP contribution in [0.4, 0.5) is 5.69 Å². The van der Waals surface area contributed by atoms with Gasteiger partial charge in [0.1, 0.15) is 11.9 Å². The van der Waals surface area contributed by atoms with Crippen molar-refractivity contribution in [1.29, 1.82) is 0 Å². The summed E-state index contributed by atoms with van der Waals surface area (Å²) < 4.78 is 6.20. The summed E-state index contributed by atoms with van der Waals surface area (Å²) in [5.41, 5.74) is 2.64. The van der Waals surface area contributed by atoms with Crippen molar-refractivity contribution in [2.45, 2.75) is 32.3 Å². The Kier molecular flexibility index (Phi) is 3.41. The average Bonchev–Trinajstić information content (AvgIpc) is 2.87. The van der Waals surface area contributed by atoms with E-state index in [1.165, 1.54) is 30.6 Å². The van der Waals surface area contributed by atoms with Crippen molar-refractivity contribution in [1.82, 2.24) is 4.90 Å². The smallest absolute Gasteiger partial charge is 0.143 e. The molecule has 0 aliphatic carbocycles. The van der Waals surface area contributed by atoms with E-state index in [4.69, 9.17) is 4.74 Å². The maximum Gasteiger partial charge on any atom is 0.143 e. The van der Waals surface area contributed by atoms with Crippen LogP contribution in [0.1, 0.15) is 25.3 Å². The Bertz CT molecular complexity index is 419. The quantitative estimate of drug-likeness (QED) is 0.887. The average molecular weight is 246 g/mol. The van der Waals surface area contributed by atoms with Gasteiger partial charge in [0.25, 0.3) is 0 Å². The number of likely N-dealkylation sites (N-methyl/N-ethyl adjacent to an activating group) is 1. The SMILES string of the molecule is CCN1CCC(Oc2cccc3c2NCCC3)C1. The van der Waals surface area contributed by atoms with Gasteiger partial charge in [0.15, 0.2) is 0 Å². The van der Waals surface area contributed by atoms with Crippen LogP contribution in [0.5, 0.6) is 5.75 Å². The molecule has 3 heteroatoms. The van der Waals surface area contributed by atoms with Crippen LogP contribution < -0.4 is 10.1 Å². The van der Waals surface area contributed by atoms with E-state index in [9.17, 15) is 0 Å². The van der Waals surface area contributed by atoms with E-state index < -0.39 is 0 Å². The van der Waals surface area contributed by atoms with E-state index in [0.717, 1.165) is 31.8 Å². The van der Waals surface area contributed by atoms with Crippen LogP contribution in [-0.4, -0.2) is 37.2 Å². The first-order chi connectivity index (χ1) is 8.86. The van der Waals surface area contributed by atoms with Crippen LogP contribution in [0.15, 0.2) is 18.2 Å². The van der Waals surface area contributed by atoms with Gasteiger partial charge in [-0.15, -0.1) is 0 Å². The summed E-state index contributed by atoms with van der Waals surface area (Å²) in [7, 11) is 0. The number of benzene rings is 1. The molecule has 1 unspecified atom stereocenters. The first kappa shape index (κ1) is 11.8. The Balaban J connectivity index is 1.73. The van der Waals surface area contributed by atoms with Gasteiger partial charge in [0, 0.05) is 19.6 Å². The van der Waals surface area contributed by atoms with Gasteiger partial charge in [-0.2, -0.15) is 0 Å². The summed E-state index contributed by atoms with van der Waals surface area (Å²) >= 11 is 0. The molecule has 3 nitrogen and oxygen atoms in total. The number of likely N-dealkylation sites (tertiary alicyclic amines) is 1. The maximum absolute atomic E-state index is 6.20. The Morgan fingerprint density at radius 3 is 3.22 bits per heavy atom. The molecule has 0 radical (unpaired) electrons. The summed E-state index contributed by atoms with van der Waals surface area (Å²) in [5, 5.41) is 3.49. The lowest BCUT2D eigenvalue weighted by molar-refractivity contribution is 0.203. The van der Waals surface area contributed by atoms with Crippen LogP contribution in [0.2, 0.25) is 0 Å². The lowest BCUT2D eigenvalue weighted by Gasteiger charge is -2.23. The minimum absolute atomic E-state index is 0.361. The molecule has 0 amide bonds. The number of para-hydroxylation sites is 1. The molecule has 1 saturated heterocycles. The molecule has 1 N–H and O–H groups in total. The third-order valence-electron chi connectivity index (χ3n) is 4.01. The monoisotopic (exact) mass is 246 g/mol. The van der Waals surface area contributed by atoms with Crippen LogP contribution in [-0.2, 0) is 6.42 Å². The molecular weight excluding hydrogens is 224 g/mol. The fourth-order valence-electron chi connectivity index (χ4n) is 2.94. The Morgan fingerprint density at radius 1 is 1.44 bits per heavy atom. The second-order valence-electron chi connectivity index (χ2n) is 5.24. The molecule has 1 atom stereocenters.